The van der Waals surface area contributed by atoms with E-state index < -0.39 is 47.1 Å². The van der Waals surface area contributed by atoms with Crippen LogP contribution in [0.25, 0.3) is 67.1 Å². The lowest BCUT2D eigenvalue weighted by Crippen LogP contribution is -2.28. The number of hydrogen-bond acceptors (Lipinski definition) is 2. The molecular weight excluding hydrogens is 1060 g/mol. The third-order valence-electron chi connectivity index (χ3n) is 18.1. The molecule has 0 spiro atoms. The van der Waals surface area contributed by atoms with Crippen molar-refractivity contribution in [1.29, 1.82) is 0 Å². The van der Waals surface area contributed by atoms with Gasteiger partial charge in [0.15, 0.2) is 0 Å². The smallest absolute Gasteiger partial charge is 0.0714 e. The van der Waals surface area contributed by atoms with E-state index in [1.54, 1.807) is 12.2 Å². The minimum Gasteiger partial charge on any atom is -0.310 e. The van der Waals surface area contributed by atoms with Gasteiger partial charge in [0.1, 0.15) is 0 Å². The molecule has 2 aliphatic carbocycles. The van der Waals surface area contributed by atoms with Gasteiger partial charge >= 0.3 is 0 Å². The highest BCUT2D eigenvalue weighted by molar-refractivity contribution is 6.02. The number of fused-ring (bicyclic) bond motifs is 8. The van der Waals surface area contributed by atoms with Gasteiger partial charge < -0.3 is 9.80 Å². The third-order valence-corrected chi connectivity index (χ3v) is 18.1. The largest absolute Gasteiger partial charge is 0.310 e. The topological polar surface area (TPSA) is 6.48 Å². The summed E-state index contributed by atoms with van der Waals surface area (Å²) in [5.74, 6) is 0. The molecule has 2 atom stereocenters. The van der Waals surface area contributed by atoms with Gasteiger partial charge in [0, 0.05) is 33.5 Å². The molecule has 14 aromatic carbocycles. The highest BCUT2D eigenvalue weighted by atomic mass is 15.1. The van der Waals surface area contributed by atoms with Crippen molar-refractivity contribution in [2.75, 3.05) is 9.80 Å². The first-order valence-electron chi connectivity index (χ1n) is 34.5. The van der Waals surface area contributed by atoms with Crippen LogP contribution in [0.2, 0.25) is 0 Å². The van der Waals surface area contributed by atoms with Gasteiger partial charge in [-0.3, -0.25) is 0 Å². The number of nitrogens with zero attached hydrogens (tertiary/aromatic N) is 2. The first-order valence-corrected chi connectivity index (χ1v) is 29.5. The Bertz CT molecular complexity index is 5220. The molecule has 0 bridgehead atoms. The molecule has 0 saturated carbocycles. The first-order chi connectivity index (χ1) is 47.7. The van der Waals surface area contributed by atoms with Crippen molar-refractivity contribution in [1.82, 2.24) is 0 Å². The zero-order valence-electron chi connectivity index (χ0n) is 57.9. The van der Waals surface area contributed by atoms with Crippen molar-refractivity contribution in [3.63, 3.8) is 0 Å². The molecule has 88 heavy (non-hydrogen) atoms. The quantitative estimate of drug-likeness (QED) is 0.114. The lowest BCUT2D eigenvalue weighted by molar-refractivity contribution is 0.768. The van der Waals surface area contributed by atoms with Crippen molar-refractivity contribution >= 4 is 67.8 Å². The van der Waals surface area contributed by atoms with Crippen LogP contribution in [0.3, 0.4) is 0 Å². The summed E-state index contributed by atoms with van der Waals surface area (Å²) in [4.78, 5) is 4.48. The van der Waals surface area contributed by atoms with Gasteiger partial charge in [0.25, 0.3) is 0 Å². The van der Waals surface area contributed by atoms with Crippen LogP contribution in [0.5, 0.6) is 0 Å². The van der Waals surface area contributed by atoms with Crippen LogP contribution in [0.4, 0.5) is 34.1 Å². The second-order valence-corrected chi connectivity index (χ2v) is 22.5. The van der Waals surface area contributed by atoms with Gasteiger partial charge in [-0.2, -0.15) is 0 Å². The lowest BCUT2D eigenvalue weighted by atomic mass is 9.67. The van der Waals surface area contributed by atoms with Gasteiger partial charge in [-0.25, -0.2) is 0 Å². The number of rotatable bonds is 13. The minimum atomic E-state index is -1.36. The maximum atomic E-state index is 9.69. The molecule has 0 saturated heterocycles. The Morgan fingerprint density at radius 1 is 0.295 bits per heavy atom. The van der Waals surface area contributed by atoms with E-state index in [-0.39, 0.29) is 35.3 Å². The van der Waals surface area contributed by atoms with Crippen molar-refractivity contribution in [3.05, 3.63) is 396 Å². The van der Waals surface area contributed by atoms with E-state index in [0.29, 0.717) is 0 Å². The van der Waals surface area contributed by atoms with Gasteiger partial charge in [0.2, 0.25) is 0 Å². The normalized spacial score (nSPS) is 16.8. The molecule has 2 nitrogen and oxygen atoms in total. The maximum Gasteiger partial charge on any atom is 0.0714 e. The fourth-order valence-electron chi connectivity index (χ4n) is 14.1. The summed E-state index contributed by atoms with van der Waals surface area (Å²) in [6.45, 7) is 8.05. The molecule has 0 heterocycles. The van der Waals surface area contributed by atoms with Crippen molar-refractivity contribution < 1.29 is 13.7 Å². The Balaban J connectivity index is 0.848. The monoisotopic (exact) mass is 1130 g/mol. The lowest BCUT2D eigenvalue weighted by Gasteiger charge is -2.35. The summed E-state index contributed by atoms with van der Waals surface area (Å²) in [7, 11) is 0. The van der Waals surface area contributed by atoms with E-state index in [9.17, 15) is 5.48 Å². The Morgan fingerprint density at radius 3 is 1.06 bits per heavy atom. The molecule has 14 aromatic rings. The van der Waals surface area contributed by atoms with Gasteiger partial charge in [-0.05, 0) is 160 Å². The van der Waals surface area contributed by atoms with E-state index in [0.717, 1.165) is 134 Å². The Labute approximate surface area is 529 Å². The molecular formula is C86H60N2. The van der Waals surface area contributed by atoms with Crippen LogP contribution in [0.15, 0.2) is 341 Å². The van der Waals surface area contributed by atoms with E-state index in [1.807, 2.05) is 109 Å². The number of hydrogen-bond donors (Lipinski definition) is 0. The Hall–Kier alpha value is -11.3. The molecule has 2 heteroatoms. The molecule has 0 N–H and O–H groups in total. The van der Waals surface area contributed by atoms with E-state index >= 15 is 0 Å². The third kappa shape index (κ3) is 8.18. The molecule has 0 amide bonds. The number of anilines is 6. The predicted octanol–water partition coefficient (Wildman–Crippen LogP) is 22.6. The first kappa shape index (κ1) is 42.5. The second-order valence-electron chi connectivity index (χ2n) is 22.5. The summed E-state index contributed by atoms with van der Waals surface area (Å²) in [6, 6.07) is 87.1. The summed E-state index contributed by atoms with van der Waals surface area (Å²) in [6.07, 6.45) is 3.54. The minimum absolute atomic E-state index is 0.170. The molecule has 0 fully saturated rings. The van der Waals surface area contributed by atoms with Crippen LogP contribution in [-0.4, -0.2) is 0 Å². The van der Waals surface area contributed by atoms with Crippen LogP contribution < -0.4 is 9.80 Å². The molecule has 16 rings (SSSR count). The van der Waals surface area contributed by atoms with E-state index in [2.05, 4.69) is 181 Å². The van der Waals surface area contributed by atoms with Gasteiger partial charge in [0.05, 0.1) is 35.9 Å². The zero-order chi connectivity index (χ0) is 67.5. The molecule has 2 aliphatic rings. The van der Waals surface area contributed by atoms with Gasteiger partial charge in [-0.1, -0.05) is 292 Å². The molecule has 0 aromatic heterocycles. The fraction of sp³-hybridized carbons (Fsp3) is 0.0233. The summed E-state index contributed by atoms with van der Waals surface area (Å²) in [5, 5.41) is 4.12. The van der Waals surface area contributed by atoms with Crippen molar-refractivity contribution in [3.8, 4) is 33.4 Å². The summed E-state index contributed by atoms with van der Waals surface area (Å²) >= 11 is 0. The van der Waals surface area contributed by atoms with E-state index in [4.69, 9.17) is 8.22 Å². The predicted molar refractivity (Wildman–Crippen MR) is 371 cm³/mol. The SMILES string of the molecule is [2H]c1c([2H])c([2H])c(C2(c3ccc(C=C)cc3)c3ccccc3-c3ccc(N(c4ccc(-c5ccc(N(c6ccc7c(c6)C(c6ccc(C=C)cc6)(c6c([2H])c([2H])c([2H])c([2H])c6[2H])c6ccccc6-7)c6cccc7ccccc67)cc5)cc4)c4cccc5ccccc45)cc32)c([2H])c1[2H]. The summed E-state index contributed by atoms with van der Waals surface area (Å²) < 4.78 is 92.5. The highest BCUT2D eigenvalue weighted by Gasteiger charge is 2.48. The second kappa shape index (κ2) is 21.3. The van der Waals surface area contributed by atoms with Crippen LogP contribution in [-0.2, 0) is 10.8 Å². The maximum absolute atomic E-state index is 9.69. The van der Waals surface area contributed by atoms with Crippen LogP contribution in [0.1, 0.15) is 69.3 Å². The molecule has 414 valence electrons. The van der Waals surface area contributed by atoms with E-state index in [1.165, 1.54) is 0 Å². The Kier molecular flexibility index (Phi) is 10.3. The van der Waals surface area contributed by atoms with Crippen molar-refractivity contribution in [2.45, 2.75) is 10.8 Å². The molecule has 0 aliphatic heterocycles. The molecule has 0 radical (unpaired) electrons. The van der Waals surface area contributed by atoms with Crippen molar-refractivity contribution in [2.24, 2.45) is 0 Å². The standard InChI is InChI=1S/C86H60N2/c1-3-59-37-45-67(46-38-59)85(65-25-7-5-8-26-65)79-33-17-15-31-75(79)77-55-53-71(57-81(77)85)87(83-35-19-23-63-21-11-13-29-73(63)83)69-49-41-61(42-50-69)62-43-51-70(52-44-62)88(84-36-20-24-64-22-12-14-30-74(64)84)72-54-56-78-76-32-16-18-34-80(76)86(82(78)58-72,66-27-9-6-10-28-66)68-47-39-60(4-2)40-48-68/h3-58H,1-2H2/i5D,6D,7D,8D,9D,10D,25D,26D,27D,28D. The van der Waals surface area contributed by atoms with Gasteiger partial charge in [-0.15, -0.1) is 0 Å². The van der Waals surface area contributed by atoms with Crippen LogP contribution >= 0.6 is 0 Å². The number of benzene rings is 14. The Morgan fingerprint density at radius 2 is 0.648 bits per heavy atom. The average Bonchev–Trinajstić information content (AvgIpc) is 1.51. The fourth-order valence-corrected chi connectivity index (χ4v) is 14.1. The average molecular weight is 1130 g/mol. The zero-order valence-corrected chi connectivity index (χ0v) is 47.9. The summed E-state index contributed by atoms with van der Waals surface area (Å²) in [5.41, 5.74) is 14.7. The molecule has 2 unspecified atom stereocenters. The highest BCUT2D eigenvalue weighted by Crippen LogP contribution is 2.59. The van der Waals surface area contributed by atoms with Crippen LogP contribution in [0, 0.1) is 0 Å².